The summed E-state index contributed by atoms with van der Waals surface area (Å²) in [6, 6.07) is 8.67. The number of halogens is 1. The van der Waals surface area contributed by atoms with Gasteiger partial charge in [0.2, 0.25) is 0 Å². The van der Waals surface area contributed by atoms with Crippen LogP contribution in [0.1, 0.15) is 50.8 Å². The zero-order valence-corrected chi connectivity index (χ0v) is 21.5. The zero-order valence-electron chi connectivity index (χ0n) is 19.9. The number of nitrogens with zero attached hydrogens (tertiary/aromatic N) is 3. The molecule has 3 aromatic rings. The number of aromatic nitrogens is 2. The van der Waals surface area contributed by atoms with Crippen LogP contribution in [-0.2, 0) is 6.42 Å². The number of piperidine rings is 1. The average molecular weight is 502 g/mol. The van der Waals surface area contributed by atoms with Gasteiger partial charge in [-0.25, -0.2) is 4.98 Å². The molecule has 2 aliphatic rings. The van der Waals surface area contributed by atoms with Gasteiger partial charge >= 0.3 is 0 Å². The van der Waals surface area contributed by atoms with E-state index in [1.54, 1.807) is 12.4 Å². The molecule has 0 spiro atoms. The topological polar surface area (TPSA) is 67.6 Å². The van der Waals surface area contributed by atoms with Gasteiger partial charge in [-0.15, -0.1) is 11.3 Å². The third-order valence-corrected chi connectivity index (χ3v) is 8.95. The fourth-order valence-corrected chi connectivity index (χ4v) is 6.54. The van der Waals surface area contributed by atoms with Crippen molar-refractivity contribution in [3.8, 4) is 11.4 Å². The summed E-state index contributed by atoms with van der Waals surface area (Å²) in [7, 11) is 2.22. The molecule has 182 valence electrons. The van der Waals surface area contributed by atoms with Crippen LogP contribution in [0.2, 0.25) is 5.02 Å². The van der Waals surface area contributed by atoms with Gasteiger partial charge in [-0.05, 0) is 75.8 Å². The quantitative estimate of drug-likeness (QED) is 0.490. The van der Waals surface area contributed by atoms with E-state index in [0.29, 0.717) is 45.2 Å². The van der Waals surface area contributed by atoms with Gasteiger partial charge in [-0.3, -0.25) is 9.36 Å². The van der Waals surface area contributed by atoms with Crippen molar-refractivity contribution in [1.29, 1.82) is 0 Å². The Morgan fingerprint density at radius 3 is 2.65 bits per heavy atom. The summed E-state index contributed by atoms with van der Waals surface area (Å²) in [5, 5.41) is 10.6. The predicted molar refractivity (Wildman–Crippen MR) is 138 cm³/mol. The Hall–Kier alpha value is -1.93. The first-order chi connectivity index (χ1) is 16.3. The first-order valence-corrected chi connectivity index (χ1v) is 13.4. The summed E-state index contributed by atoms with van der Waals surface area (Å²) < 4.78 is 8.45. The molecule has 0 saturated carbocycles. The molecule has 0 radical (unpaired) electrons. The first-order valence-electron chi connectivity index (χ1n) is 12.2. The number of aliphatic hydroxyl groups excluding tert-OH is 1. The lowest BCUT2D eigenvalue weighted by atomic mass is 10.0. The Morgan fingerprint density at radius 1 is 1.24 bits per heavy atom. The number of benzene rings is 1. The molecule has 4 atom stereocenters. The van der Waals surface area contributed by atoms with Crippen LogP contribution in [0.4, 0.5) is 0 Å². The molecule has 2 saturated heterocycles. The Labute approximate surface area is 209 Å². The fraction of sp³-hybridized carbons (Fsp3) is 0.538. The van der Waals surface area contributed by atoms with Crippen molar-refractivity contribution in [2.24, 2.45) is 5.92 Å². The van der Waals surface area contributed by atoms with Crippen LogP contribution >= 0.6 is 22.9 Å². The molecule has 2 unspecified atom stereocenters. The van der Waals surface area contributed by atoms with Crippen LogP contribution < -0.4 is 10.3 Å². The molecule has 0 aliphatic carbocycles. The van der Waals surface area contributed by atoms with Crippen LogP contribution in [0.15, 0.2) is 35.4 Å². The third-order valence-electron chi connectivity index (χ3n) is 7.49. The Balaban J connectivity index is 1.33. The SMILES string of the molecule is CC(C)C(O)CCc1cc2ncn(-c3ccc(OC4C[C@H]5CC[C@@H](C4)N5C)c(Cl)c3)c(=O)c2s1. The summed E-state index contributed by atoms with van der Waals surface area (Å²) in [5.41, 5.74) is 1.26. The standard InChI is InChI=1S/C26H32ClN3O3S/c1-15(2)23(31)8-7-20-13-22-25(34-20)26(32)30(14-28-22)18-6-9-24(21(27)12-18)33-19-10-16-4-5-17(11-19)29(16)3/h6,9,12-17,19,23,31H,4-5,7-8,10-11H2,1-3H3/t16-,17+,19?,23?. The highest BCUT2D eigenvalue weighted by Gasteiger charge is 2.39. The molecular formula is C26H32ClN3O3S. The van der Waals surface area contributed by atoms with Crippen LogP contribution in [0.3, 0.4) is 0 Å². The number of aliphatic hydroxyl groups is 1. The summed E-state index contributed by atoms with van der Waals surface area (Å²) in [5.74, 6) is 0.889. The van der Waals surface area contributed by atoms with Crippen molar-refractivity contribution in [3.63, 3.8) is 0 Å². The Morgan fingerprint density at radius 2 is 1.97 bits per heavy atom. The molecule has 34 heavy (non-hydrogen) atoms. The van der Waals surface area contributed by atoms with E-state index in [4.69, 9.17) is 16.3 Å². The monoisotopic (exact) mass is 501 g/mol. The van der Waals surface area contributed by atoms with Gasteiger partial charge in [0.25, 0.3) is 5.56 Å². The van der Waals surface area contributed by atoms with Gasteiger partial charge in [-0.1, -0.05) is 25.4 Å². The smallest absolute Gasteiger partial charge is 0.275 e. The van der Waals surface area contributed by atoms with E-state index in [0.717, 1.165) is 24.1 Å². The van der Waals surface area contributed by atoms with Gasteiger partial charge in [0, 0.05) is 17.0 Å². The second kappa shape index (κ2) is 9.61. The van der Waals surface area contributed by atoms with Crippen molar-refractivity contribution in [3.05, 3.63) is 50.8 Å². The molecule has 2 bridgehead atoms. The summed E-state index contributed by atoms with van der Waals surface area (Å²) >= 11 is 8.05. The van der Waals surface area contributed by atoms with Crippen molar-refractivity contribution < 1.29 is 9.84 Å². The largest absolute Gasteiger partial charge is 0.489 e. The van der Waals surface area contributed by atoms with Crippen molar-refractivity contribution in [1.82, 2.24) is 14.5 Å². The summed E-state index contributed by atoms with van der Waals surface area (Å²) in [6.07, 6.45) is 7.35. The van der Waals surface area contributed by atoms with E-state index in [2.05, 4.69) is 16.9 Å². The second-order valence-electron chi connectivity index (χ2n) is 10.1. The minimum atomic E-state index is -0.345. The molecule has 4 heterocycles. The van der Waals surface area contributed by atoms with E-state index in [9.17, 15) is 9.90 Å². The van der Waals surface area contributed by atoms with Gasteiger partial charge < -0.3 is 14.7 Å². The van der Waals surface area contributed by atoms with Gasteiger partial charge in [-0.2, -0.15) is 0 Å². The predicted octanol–water partition coefficient (Wildman–Crippen LogP) is 5.05. The molecule has 2 aliphatic heterocycles. The lowest BCUT2D eigenvalue weighted by Crippen LogP contribution is -2.43. The Bertz CT molecular complexity index is 1230. The number of hydrogen-bond acceptors (Lipinski definition) is 6. The molecule has 5 rings (SSSR count). The van der Waals surface area contributed by atoms with E-state index >= 15 is 0 Å². The van der Waals surface area contributed by atoms with Crippen molar-refractivity contribution in [2.45, 2.75) is 76.7 Å². The minimum absolute atomic E-state index is 0.109. The molecule has 6 nitrogen and oxygen atoms in total. The summed E-state index contributed by atoms with van der Waals surface area (Å²) in [6.45, 7) is 4.02. The maximum absolute atomic E-state index is 13.2. The number of hydrogen-bond donors (Lipinski definition) is 1. The third kappa shape index (κ3) is 4.63. The van der Waals surface area contributed by atoms with E-state index in [1.807, 2.05) is 32.0 Å². The molecule has 8 heteroatoms. The van der Waals surface area contributed by atoms with Crippen molar-refractivity contribution in [2.75, 3.05) is 7.05 Å². The van der Waals surface area contributed by atoms with E-state index in [1.165, 1.54) is 28.7 Å². The first kappa shape index (κ1) is 23.8. The number of fused-ring (bicyclic) bond motifs is 3. The number of ether oxygens (including phenoxy) is 1. The second-order valence-corrected chi connectivity index (χ2v) is 11.6. The number of aryl methyl sites for hydroxylation is 1. The van der Waals surface area contributed by atoms with E-state index < -0.39 is 0 Å². The van der Waals surface area contributed by atoms with Crippen LogP contribution in [-0.4, -0.2) is 50.9 Å². The fourth-order valence-electron chi connectivity index (χ4n) is 5.26. The molecule has 2 fully saturated rings. The van der Waals surface area contributed by atoms with Crippen LogP contribution in [0, 0.1) is 5.92 Å². The lowest BCUT2D eigenvalue weighted by Gasteiger charge is -2.36. The van der Waals surface area contributed by atoms with Crippen molar-refractivity contribution >= 4 is 33.2 Å². The maximum Gasteiger partial charge on any atom is 0.275 e. The highest BCUT2D eigenvalue weighted by molar-refractivity contribution is 7.18. The Kier molecular flexibility index (Phi) is 6.73. The van der Waals surface area contributed by atoms with E-state index in [-0.39, 0.29) is 23.7 Å². The molecule has 1 aromatic carbocycles. The van der Waals surface area contributed by atoms with Gasteiger partial charge in [0.05, 0.1) is 22.3 Å². The maximum atomic E-state index is 13.2. The highest BCUT2D eigenvalue weighted by Crippen LogP contribution is 2.37. The summed E-state index contributed by atoms with van der Waals surface area (Å²) in [4.78, 5) is 21.3. The molecule has 1 N–H and O–H groups in total. The highest BCUT2D eigenvalue weighted by atomic mass is 35.5. The van der Waals surface area contributed by atoms with Gasteiger partial charge in [0.1, 0.15) is 22.9 Å². The number of thiophene rings is 1. The van der Waals surface area contributed by atoms with Gasteiger partial charge in [0.15, 0.2) is 0 Å². The van der Waals surface area contributed by atoms with Crippen LogP contribution in [0.25, 0.3) is 15.9 Å². The minimum Gasteiger partial charge on any atom is -0.489 e. The molecular weight excluding hydrogens is 470 g/mol. The average Bonchev–Trinajstić information content (AvgIpc) is 3.30. The number of rotatable bonds is 7. The normalized spacial score (nSPS) is 23.6. The zero-order chi connectivity index (χ0) is 24.0. The lowest BCUT2D eigenvalue weighted by molar-refractivity contribution is 0.0662. The molecule has 0 amide bonds. The molecule has 2 aromatic heterocycles. The van der Waals surface area contributed by atoms with Crippen LogP contribution in [0.5, 0.6) is 5.75 Å².